The smallest absolute Gasteiger partial charge is 0.237 e. The van der Waals surface area contributed by atoms with Gasteiger partial charge >= 0.3 is 0 Å². The quantitative estimate of drug-likeness (QED) is 0.326. The van der Waals surface area contributed by atoms with Crippen LogP contribution in [0.25, 0.3) is 22.0 Å². The fourth-order valence-corrected chi connectivity index (χ4v) is 4.24. The number of ketones is 2. The third kappa shape index (κ3) is 4.01. The van der Waals surface area contributed by atoms with Crippen LogP contribution in [0, 0.1) is 0 Å². The Balaban J connectivity index is 1.94. The number of nitrogens with zero attached hydrogens (tertiary/aromatic N) is 1. The molecule has 0 atom stereocenters. The van der Waals surface area contributed by atoms with Gasteiger partial charge in [-0.1, -0.05) is 54.6 Å². The minimum Gasteiger partial charge on any atom is -0.496 e. The molecule has 0 saturated carbocycles. The van der Waals surface area contributed by atoms with E-state index < -0.39 is 21.6 Å². The molecular weight excluding hydrogens is 440 g/mol. The van der Waals surface area contributed by atoms with Crippen LogP contribution in [-0.4, -0.2) is 45.4 Å². The third-order valence-electron chi connectivity index (χ3n) is 5.49. The number of ether oxygens (including phenoxy) is 1. The predicted molar refractivity (Wildman–Crippen MR) is 129 cm³/mol. The van der Waals surface area contributed by atoms with Crippen LogP contribution in [0.4, 0.5) is 5.82 Å². The van der Waals surface area contributed by atoms with Gasteiger partial charge in [-0.15, -0.1) is 0 Å². The largest absolute Gasteiger partial charge is 0.496 e. The van der Waals surface area contributed by atoms with Gasteiger partial charge in [-0.05, 0) is 23.8 Å². The van der Waals surface area contributed by atoms with E-state index in [0.717, 1.165) is 16.1 Å². The monoisotopic (exact) mass is 462 g/mol. The summed E-state index contributed by atoms with van der Waals surface area (Å²) in [6.45, 7) is 0. The summed E-state index contributed by atoms with van der Waals surface area (Å²) in [7, 11) is -0.731. The van der Waals surface area contributed by atoms with Crippen LogP contribution < -0.4 is 9.04 Å². The molecule has 8 heteroatoms. The summed E-state index contributed by atoms with van der Waals surface area (Å²) in [5, 5.41) is 0.630. The number of nitrogens with one attached hydrogen (secondary N) is 1. The van der Waals surface area contributed by atoms with Gasteiger partial charge in [0.25, 0.3) is 0 Å². The van der Waals surface area contributed by atoms with Gasteiger partial charge < -0.3 is 9.72 Å². The van der Waals surface area contributed by atoms with Crippen LogP contribution >= 0.6 is 0 Å². The molecule has 1 heterocycles. The Morgan fingerprint density at radius 3 is 2.12 bits per heavy atom. The lowest BCUT2D eigenvalue weighted by Crippen LogP contribution is -2.25. The molecule has 0 aliphatic rings. The van der Waals surface area contributed by atoms with E-state index in [2.05, 4.69) is 4.98 Å². The third-order valence-corrected chi connectivity index (χ3v) is 6.67. The summed E-state index contributed by atoms with van der Waals surface area (Å²) in [5.74, 6) is -0.825. The lowest BCUT2D eigenvalue weighted by molar-refractivity contribution is 0.0816. The SMILES string of the molecule is COc1ccccc1C(=O)C(=O)c1cccc2c(-c3ccccc3)c(N(C)S(C)(=O)=O)[nH]c12. The Kier molecular flexibility index (Phi) is 5.78. The summed E-state index contributed by atoms with van der Waals surface area (Å²) < 4.78 is 31.1. The molecule has 1 aromatic heterocycles. The molecule has 33 heavy (non-hydrogen) atoms. The Hall–Kier alpha value is -3.91. The summed E-state index contributed by atoms with van der Waals surface area (Å²) in [6, 6.07) is 20.8. The number of benzene rings is 3. The van der Waals surface area contributed by atoms with Crippen LogP contribution in [0.3, 0.4) is 0 Å². The van der Waals surface area contributed by atoms with Crippen molar-refractivity contribution in [1.82, 2.24) is 4.98 Å². The van der Waals surface area contributed by atoms with Crippen LogP contribution in [0.15, 0.2) is 72.8 Å². The van der Waals surface area contributed by atoms with E-state index in [4.69, 9.17) is 4.74 Å². The number of hydrogen-bond acceptors (Lipinski definition) is 5. The van der Waals surface area contributed by atoms with Crippen molar-refractivity contribution in [3.05, 3.63) is 83.9 Å². The van der Waals surface area contributed by atoms with Crippen molar-refractivity contribution in [2.24, 2.45) is 0 Å². The second-order valence-electron chi connectivity index (χ2n) is 7.53. The van der Waals surface area contributed by atoms with Crippen molar-refractivity contribution in [3.8, 4) is 16.9 Å². The lowest BCUT2D eigenvalue weighted by atomic mass is 9.97. The highest BCUT2D eigenvalue weighted by Crippen LogP contribution is 2.39. The lowest BCUT2D eigenvalue weighted by Gasteiger charge is -2.17. The van der Waals surface area contributed by atoms with Crippen molar-refractivity contribution in [2.75, 3.05) is 24.7 Å². The number of fused-ring (bicyclic) bond motifs is 1. The zero-order valence-corrected chi connectivity index (χ0v) is 19.1. The molecule has 0 radical (unpaired) electrons. The number of anilines is 1. The van der Waals surface area contributed by atoms with Crippen molar-refractivity contribution in [3.63, 3.8) is 0 Å². The topological polar surface area (TPSA) is 96.5 Å². The summed E-state index contributed by atoms with van der Waals surface area (Å²) in [6.07, 6.45) is 1.10. The summed E-state index contributed by atoms with van der Waals surface area (Å²) in [5.41, 5.74) is 2.09. The molecule has 0 spiro atoms. The first-order chi connectivity index (χ1) is 15.7. The van der Waals surface area contributed by atoms with Crippen LogP contribution in [0.1, 0.15) is 20.7 Å². The van der Waals surface area contributed by atoms with Crippen LogP contribution in [0.5, 0.6) is 5.75 Å². The van der Waals surface area contributed by atoms with Crippen molar-refractivity contribution in [2.45, 2.75) is 0 Å². The number of methoxy groups -OCH3 is 1. The minimum atomic E-state index is -3.60. The first-order valence-corrected chi connectivity index (χ1v) is 11.9. The number of carbonyl (C=O) groups is 2. The molecule has 0 amide bonds. The highest BCUT2D eigenvalue weighted by Gasteiger charge is 2.27. The number of para-hydroxylation sites is 2. The molecule has 4 aromatic rings. The maximum Gasteiger partial charge on any atom is 0.237 e. The van der Waals surface area contributed by atoms with E-state index in [-0.39, 0.29) is 11.1 Å². The Morgan fingerprint density at radius 2 is 1.45 bits per heavy atom. The zero-order valence-electron chi connectivity index (χ0n) is 18.3. The van der Waals surface area contributed by atoms with Crippen LogP contribution in [-0.2, 0) is 10.0 Å². The molecule has 3 aromatic carbocycles. The van der Waals surface area contributed by atoms with Gasteiger partial charge in [0.1, 0.15) is 11.6 Å². The molecule has 4 rings (SSSR count). The van der Waals surface area contributed by atoms with Gasteiger partial charge in [0.2, 0.25) is 21.6 Å². The predicted octanol–water partition coefficient (Wildman–Crippen LogP) is 4.30. The fraction of sp³-hybridized carbons (Fsp3) is 0.120. The van der Waals surface area contributed by atoms with Crippen molar-refractivity contribution < 1.29 is 22.7 Å². The Bertz CT molecular complexity index is 1470. The number of carbonyl (C=O) groups excluding carboxylic acids is 2. The molecule has 168 valence electrons. The van der Waals surface area contributed by atoms with Gasteiger partial charge in [-0.25, -0.2) is 8.42 Å². The number of aromatic amines is 1. The number of rotatable bonds is 7. The van der Waals surface area contributed by atoms with Crippen molar-refractivity contribution >= 4 is 38.3 Å². The van der Waals surface area contributed by atoms with Gasteiger partial charge in [0.05, 0.1) is 30.0 Å². The fourth-order valence-electron chi connectivity index (χ4n) is 3.77. The average molecular weight is 463 g/mol. The molecule has 7 nitrogen and oxygen atoms in total. The van der Waals surface area contributed by atoms with Gasteiger partial charge in [-0.3, -0.25) is 13.9 Å². The van der Waals surface area contributed by atoms with Gasteiger partial charge in [0.15, 0.2) is 0 Å². The molecule has 0 bridgehead atoms. The normalized spacial score (nSPS) is 11.4. The number of sulfonamides is 1. The summed E-state index contributed by atoms with van der Waals surface area (Å²) >= 11 is 0. The van der Waals surface area contributed by atoms with Crippen molar-refractivity contribution in [1.29, 1.82) is 0 Å². The number of hydrogen-bond donors (Lipinski definition) is 1. The van der Waals surface area contributed by atoms with Crippen LogP contribution in [0.2, 0.25) is 0 Å². The summed E-state index contributed by atoms with van der Waals surface area (Å²) in [4.78, 5) is 29.5. The molecule has 0 unspecified atom stereocenters. The number of H-pyrrole nitrogens is 1. The molecule has 0 saturated heterocycles. The first-order valence-electron chi connectivity index (χ1n) is 10.1. The second kappa shape index (κ2) is 8.55. The molecule has 1 N–H and O–H groups in total. The highest BCUT2D eigenvalue weighted by molar-refractivity contribution is 7.92. The van der Waals surface area contributed by atoms with E-state index >= 15 is 0 Å². The zero-order chi connectivity index (χ0) is 23.8. The van der Waals surface area contributed by atoms with E-state index in [9.17, 15) is 18.0 Å². The highest BCUT2D eigenvalue weighted by atomic mass is 32.2. The number of aromatic nitrogens is 1. The Morgan fingerprint density at radius 1 is 0.848 bits per heavy atom. The van der Waals surface area contributed by atoms with E-state index in [0.29, 0.717) is 28.0 Å². The first kappa shape index (κ1) is 22.3. The minimum absolute atomic E-state index is 0.147. The standard InChI is InChI=1S/C25H22N2O5S/c1-27(33(3,30)31)25-21(16-10-5-4-6-11-16)18-13-9-14-19(22(18)26-25)24(29)23(28)17-12-7-8-15-20(17)32-2/h4-15,26H,1-3H3. The molecular formula is C25H22N2O5S. The van der Waals surface area contributed by atoms with E-state index in [1.165, 1.54) is 20.2 Å². The average Bonchev–Trinajstić information content (AvgIpc) is 3.22. The maximum atomic E-state index is 13.3. The van der Waals surface area contributed by atoms with E-state index in [1.54, 1.807) is 36.4 Å². The maximum absolute atomic E-state index is 13.3. The second-order valence-corrected chi connectivity index (χ2v) is 9.55. The van der Waals surface area contributed by atoms with Gasteiger partial charge in [-0.2, -0.15) is 0 Å². The molecule has 0 aliphatic heterocycles. The van der Waals surface area contributed by atoms with Gasteiger partial charge in [0, 0.05) is 18.0 Å². The molecule has 0 aliphatic carbocycles. The number of Topliss-reactive ketones (excluding diaryl/α,β-unsaturated/α-hetero) is 2. The van der Waals surface area contributed by atoms with E-state index in [1.807, 2.05) is 30.3 Å². The Labute approximate surface area is 191 Å². The molecule has 0 fully saturated rings.